The highest BCUT2D eigenvalue weighted by Crippen LogP contribution is 2.46. The average Bonchev–Trinajstić information content (AvgIpc) is 2.53. The molecule has 124 valence electrons. The van der Waals surface area contributed by atoms with E-state index in [0.29, 0.717) is 43.2 Å². The number of fused-ring (bicyclic) bond motifs is 1. The molecule has 2 aromatic rings. The van der Waals surface area contributed by atoms with E-state index in [4.69, 9.17) is 4.74 Å². The van der Waals surface area contributed by atoms with Crippen molar-refractivity contribution in [3.8, 4) is 0 Å². The molecule has 7 heteroatoms. The number of halogens is 1. The highest BCUT2D eigenvalue weighted by atomic mass is 31.2. The molecule has 1 fully saturated rings. The predicted octanol–water partition coefficient (Wildman–Crippen LogP) is 2.27. The molecule has 0 amide bonds. The van der Waals surface area contributed by atoms with E-state index in [1.54, 1.807) is 17.6 Å². The Morgan fingerprint density at radius 3 is 2.70 bits per heavy atom. The molecule has 0 N–H and O–H groups in total. The van der Waals surface area contributed by atoms with Crippen molar-refractivity contribution in [3.63, 3.8) is 0 Å². The van der Waals surface area contributed by atoms with Crippen molar-refractivity contribution in [2.24, 2.45) is 0 Å². The van der Waals surface area contributed by atoms with E-state index in [2.05, 4.69) is 4.98 Å². The summed E-state index contributed by atoms with van der Waals surface area (Å²) in [6, 6.07) is 2.86. The molecule has 0 radical (unpaired) electrons. The fourth-order valence-electron chi connectivity index (χ4n) is 2.99. The molecule has 1 aliphatic heterocycles. The summed E-state index contributed by atoms with van der Waals surface area (Å²) < 4.78 is 34.3. The highest BCUT2D eigenvalue weighted by Gasteiger charge is 2.29. The van der Waals surface area contributed by atoms with Crippen LogP contribution in [0.5, 0.6) is 0 Å². The minimum absolute atomic E-state index is 0.0588. The fraction of sp³-hybridized carbons (Fsp3) is 0.500. The lowest BCUT2D eigenvalue weighted by Crippen LogP contribution is -2.27. The van der Waals surface area contributed by atoms with Gasteiger partial charge in [0, 0.05) is 24.2 Å². The molecule has 1 aromatic heterocycles. The number of hydrogen-bond acceptors (Lipinski definition) is 4. The van der Waals surface area contributed by atoms with Gasteiger partial charge in [-0.15, -0.1) is 0 Å². The van der Waals surface area contributed by atoms with E-state index in [9.17, 15) is 13.8 Å². The molecule has 2 heterocycles. The van der Waals surface area contributed by atoms with Crippen molar-refractivity contribution in [3.05, 3.63) is 34.1 Å². The number of nitrogens with zero attached hydrogens (tertiary/aromatic N) is 2. The largest absolute Gasteiger partial charge is 0.380 e. The number of benzene rings is 1. The van der Waals surface area contributed by atoms with Crippen LogP contribution in [0.25, 0.3) is 10.9 Å². The highest BCUT2D eigenvalue weighted by molar-refractivity contribution is 7.71. The fourth-order valence-corrected chi connectivity index (χ4v) is 5.30. The van der Waals surface area contributed by atoms with Crippen LogP contribution in [0.15, 0.2) is 16.9 Å². The molecule has 0 atom stereocenters. The summed E-state index contributed by atoms with van der Waals surface area (Å²) in [5, 5.41) is 0.636. The van der Waals surface area contributed by atoms with Crippen molar-refractivity contribution in [2.45, 2.75) is 26.8 Å². The van der Waals surface area contributed by atoms with Gasteiger partial charge < -0.3 is 9.30 Å². The summed E-state index contributed by atoms with van der Waals surface area (Å²) in [6.07, 6.45) is 1.56. The molecule has 1 aliphatic rings. The molecule has 1 saturated heterocycles. The normalized spacial score (nSPS) is 17.5. The second kappa shape index (κ2) is 6.17. The summed E-state index contributed by atoms with van der Waals surface area (Å²) in [6.45, 7) is 5.01. The Balaban J connectivity index is 2.24. The van der Waals surface area contributed by atoms with E-state index >= 15 is 0 Å². The lowest BCUT2D eigenvalue weighted by molar-refractivity contribution is 0.156. The molecule has 0 saturated carbocycles. The maximum absolute atomic E-state index is 14.5. The summed E-state index contributed by atoms with van der Waals surface area (Å²) in [5.74, 6) is -0.0863. The minimum Gasteiger partial charge on any atom is -0.380 e. The zero-order valence-corrected chi connectivity index (χ0v) is 14.2. The number of hydrogen-bond donors (Lipinski definition) is 0. The Bertz CT molecular complexity index is 853. The molecule has 5 nitrogen and oxygen atoms in total. The summed E-state index contributed by atoms with van der Waals surface area (Å²) in [7, 11) is -2.70. The van der Waals surface area contributed by atoms with E-state index in [0.717, 1.165) is 6.42 Å². The van der Waals surface area contributed by atoms with Crippen LogP contribution in [0, 0.1) is 12.7 Å². The first-order valence-corrected chi connectivity index (χ1v) is 9.91. The minimum atomic E-state index is -2.70. The van der Waals surface area contributed by atoms with Crippen molar-refractivity contribution < 1.29 is 13.7 Å². The summed E-state index contributed by atoms with van der Waals surface area (Å²) in [4.78, 5) is 16.9. The molecule has 3 rings (SSSR count). The van der Waals surface area contributed by atoms with Crippen LogP contribution in [0.2, 0.25) is 0 Å². The van der Waals surface area contributed by atoms with Gasteiger partial charge in [-0.25, -0.2) is 9.37 Å². The topological polar surface area (TPSA) is 61.2 Å². The van der Waals surface area contributed by atoms with Gasteiger partial charge in [-0.1, -0.05) is 6.92 Å². The van der Waals surface area contributed by atoms with Gasteiger partial charge in [0.1, 0.15) is 24.3 Å². The third-order valence-electron chi connectivity index (χ3n) is 4.30. The number of ether oxygens (including phenoxy) is 1. The van der Waals surface area contributed by atoms with E-state index in [-0.39, 0.29) is 16.5 Å². The zero-order valence-electron chi connectivity index (χ0n) is 13.3. The van der Waals surface area contributed by atoms with E-state index < -0.39 is 13.0 Å². The quantitative estimate of drug-likeness (QED) is 0.806. The Labute approximate surface area is 133 Å². The first kappa shape index (κ1) is 16.3. The Morgan fingerprint density at radius 2 is 2.04 bits per heavy atom. The molecule has 0 aliphatic carbocycles. The third kappa shape index (κ3) is 2.86. The predicted molar refractivity (Wildman–Crippen MR) is 88.8 cm³/mol. The first-order chi connectivity index (χ1) is 11.0. The standard InChI is InChI=1S/C16H20FN2O3P/c1-3-4-19-11(2)18-15-13(16(19)20)9-12(10-14(15)17)23(21)7-5-22-6-8-23/h9-10H,3-8H2,1-2H3. The molecule has 1 aromatic carbocycles. The zero-order chi connectivity index (χ0) is 16.6. The summed E-state index contributed by atoms with van der Waals surface area (Å²) in [5.41, 5.74) is -0.210. The maximum Gasteiger partial charge on any atom is 0.261 e. The Morgan fingerprint density at radius 1 is 1.35 bits per heavy atom. The van der Waals surface area contributed by atoms with Crippen molar-refractivity contribution in [1.82, 2.24) is 9.55 Å². The van der Waals surface area contributed by atoms with E-state index in [1.165, 1.54) is 6.07 Å². The lowest BCUT2D eigenvalue weighted by Gasteiger charge is -2.23. The van der Waals surface area contributed by atoms with Crippen LogP contribution >= 0.6 is 7.14 Å². The number of aryl methyl sites for hydroxylation is 1. The second-order valence-electron chi connectivity index (χ2n) is 5.89. The lowest BCUT2D eigenvalue weighted by atomic mass is 10.2. The number of rotatable bonds is 3. The van der Waals surface area contributed by atoms with Gasteiger partial charge in [-0.3, -0.25) is 9.36 Å². The maximum atomic E-state index is 14.5. The van der Waals surface area contributed by atoms with Crippen molar-refractivity contribution >= 4 is 23.3 Å². The van der Waals surface area contributed by atoms with Gasteiger partial charge in [0.15, 0.2) is 0 Å². The Kier molecular flexibility index (Phi) is 4.39. The van der Waals surface area contributed by atoms with Crippen LogP contribution in [-0.4, -0.2) is 35.1 Å². The second-order valence-corrected chi connectivity index (χ2v) is 9.08. The van der Waals surface area contributed by atoms with Gasteiger partial charge in [0.05, 0.1) is 18.6 Å². The van der Waals surface area contributed by atoms with Gasteiger partial charge in [0.25, 0.3) is 5.56 Å². The monoisotopic (exact) mass is 338 g/mol. The molecule has 23 heavy (non-hydrogen) atoms. The van der Waals surface area contributed by atoms with Crippen molar-refractivity contribution in [1.29, 1.82) is 0 Å². The molecule has 0 spiro atoms. The SMILES string of the molecule is CCCn1c(C)nc2c(F)cc(P3(=O)CCOCC3)cc2c1=O. The van der Waals surface area contributed by atoms with Gasteiger partial charge in [-0.05, 0) is 25.5 Å². The van der Waals surface area contributed by atoms with Gasteiger partial charge in [-0.2, -0.15) is 0 Å². The Hall–Kier alpha value is -1.52. The van der Waals surface area contributed by atoms with Crippen molar-refractivity contribution in [2.75, 3.05) is 25.5 Å². The molecular formula is C16H20FN2O3P. The van der Waals surface area contributed by atoms with Crippen LogP contribution in [0.3, 0.4) is 0 Å². The molecule has 0 bridgehead atoms. The molecular weight excluding hydrogens is 318 g/mol. The smallest absolute Gasteiger partial charge is 0.261 e. The first-order valence-electron chi connectivity index (χ1n) is 7.83. The van der Waals surface area contributed by atoms with Gasteiger partial charge >= 0.3 is 0 Å². The van der Waals surface area contributed by atoms with Crippen LogP contribution in [0.1, 0.15) is 19.2 Å². The van der Waals surface area contributed by atoms with E-state index in [1.807, 2.05) is 6.92 Å². The van der Waals surface area contributed by atoms with Crippen LogP contribution in [0.4, 0.5) is 4.39 Å². The average molecular weight is 338 g/mol. The third-order valence-corrected chi connectivity index (χ3v) is 7.31. The van der Waals surface area contributed by atoms with Crippen LogP contribution in [-0.2, 0) is 15.8 Å². The van der Waals surface area contributed by atoms with Gasteiger partial charge in [0.2, 0.25) is 0 Å². The number of aromatic nitrogens is 2. The summed E-state index contributed by atoms with van der Waals surface area (Å²) >= 11 is 0. The van der Waals surface area contributed by atoms with Crippen LogP contribution < -0.4 is 10.9 Å². The molecule has 0 unspecified atom stereocenters.